The van der Waals surface area contributed by atoms with Crippen LogP contribution in [0.25, 0.3) is 55.3 Å². The van der Waals surface area contributed by atoms with Crippen LogP contribution < -0.4 is 5.32 Å². The maximum Gasteiger partial charge on any atom is 0.224 e. The second-order valence-electron chi connectivity index (χ2n) is 10.5. The van der Waals surface area contributed by atoms with Gasteiger partial charge in [0.15, 0.2) is 11.5 Å². The molecule has 0 bridgehead atoms. The first-order valence-corrected chi connectivity index (χ1v) is 13.1. The standard InChI is InChI=1S/C28H26N8OS/c1-15-5-8-22(38-15)18-13-30-14-21-24(18)34-27(33-21)26-25-20(35-36-26)7-6-19(32-25)16-9-17(12-29-11-16)31-23(37)10-28(2,3)4/h5-9,11-14H,10H2,1-4H3,(H,31,37)(H,33,34)(H,35,36). The number of anilines is 1. The summed E-state index contributed by atoms with van der Waals surface area (Å²) >= 11 is 1.71. The minimum absolute atomic E-state index is 0.0477. The number of carbonyl (C=O) groups is 1. The molecule has 9 nitrogen and oxygen atoms in total. The van der Waals surface area contributed by atoms with E-state index in [1.807, 2.05) is 45.2 Å². The zero-order chi connectivity index (χ0) is 26.4. The monoisotopic (exact) mass is 522 g/mol. The molecule has 6 rings (SSSR count). The molecule has 190 valence electrons. The summed E-state index contributed by atoms with van der Waals surface area (Å²) in [7, 11) is 0. The number of fused-ring (bicyclic) bond motifs is 2. The van der Waals surface area contributed by atoms with E-state index in [0.717, 1.165) is 32.6 Å². The summed E-state index contributed by atoms with van der Waals surface area (Å²) in [6.07, 6.45) is 7.41. The Morgan fingerprint density at radius 2 is 1.82 bits per heavy atom. The molecule has 0 aliphatic carbocycles. The number of nitrogens with one attached hydrogen (secondary N) is 3. The summed E-state index contributed by atoms with van der Waals surface area (Å²) in [5.74, 6) is 0.563. The molecule has 0 radical (unpaired) electrons. The lowest BCUT2D eigenvalue weighted by Gasteiger charge is -2.17. The van der Waals surface area contributed by atoms with Crippen LogP contribution in [0.4, 0.5) is 5.69 Å². The van der Waals surface area contributed by atoms with E-state index in [-0.39, 0.29) is 11.3 Å². The van der Waals surface area contributed by atoms with E-state index in [1.54, 1.807) is 29.9 Å². The summed E-state index contributed by atoms with van der Waals surface area (Å²) < 4.78 is 0. The largest absolute Gasteiger partial charge is 0.335 e. The fourth-order valence-electron chi connectivity index (χ4n) is 4.36. The molecule has 3 N–H and O–H groups in total. The quantitative estimate of drug-likeness (QED) is 0.242. The lowest BCUT2D eigenvalue weighted by atomic mass is 9.92. The molecule has 6 aromatic heterocycles. The number of thiophene rings is 1. The van der Waals surface area contributed by atoms with Crippen molar-refractivity contribution in [2.45, 2.75) is 34.1 Å². The van der Waals surface area contributed by atoms with Crippen LogP contribution in [0.5, 0.6) is 0 Å². The third-order valence-electron chi connectivity index (χ3n) is 6.04. The molecule has 0 aromatic carbocycles. The topological polar surface area (TPSA) is 125 Å². The normalized spacial score (nSPS) is 11.9. The van der Waals surface area contributed by atoms with E-state index in [1.165, 1.54) is 4.88 Å². The molecule has 0 fully saturated rings. The van der Waals surface area contributed by atoms with Crippen LogP contribution in [0.1, 0.15) is 32.1 Å². The summed E-state index contributed by atoms with van der Waals surface area (Å²) in [6.45, 7) is 8.18. The van der Waals surface area contributed by atoms with Gasteiger partial charge in [0.1, 0.15) is 11.0 Å². The van der Waals surface area contributed by atoms with Gasteiger partial charge in [0.05, 0.1) is 34.8 Å². The van der Waals surface area contributed by atoms with Crippen LogP contribution >= 0.6 is 11.3 Å². The van der Waals surface area contributed by atoms with Crippen molar-refractivity contribution in [2.24, 2.45) is 5.41 Å². The van der Waals surface area contributed by atoms with Gasteiger partial charge in [-0.3, -0.25) is 19.9 Å². The van der Waals surface area contributed by atoms with Crippen molar-refractivity contribution < 1.29 is 4.79 Å². The summed E-state index contributed by atoms with van der Waals surface area (Å²) in [5.41, 5.74) is 6.78. The van der Waals surface area contributed by atoms with Crippen molar-refractivity contribution >= 4 is 45.0 Å². The SMILES string of the molecule is Cc1ccc(-c2cncc3[nH]c(-c4n[nH]c5ccc(-c6cncc(NC(=O)CC(C)(C)C)c6)nc45)nc23)s1. The van der Waals surface area contributed by atoms with E-state index in [0.29, 0.717) is 34.8 Å². The second kappa shape index (κ2) is 9.14. The Morgan fingerprint density at radius 1 is 0.974 bits per heavy atom. The highest BCUT2D eigenvalue weighted by atomic mass is 32.1. The first kappa shape index (κ1) is 23.9. The molecule has 0 spiro atoms. The van der Waals surface area contributed by atoms with E-state index in [9.17, 15) is 4.79 Å². The van der Waals surface area contributed by atoms with Gasteiger partial charge in [0.2, 0.25) is 5.91 Å². The number of carbonyl (C=O) groups excluding carboxylic acids is 1. The highest BCUT2D eigenvalue weighted by molar-refractivity contribution is 7.15. The highest BCUT2D eigenvalue weighted by Gasteiger charge is 2.19. The molecular weight excluding hydrogens is 496 g/mol. The molecule has 38 heavy (non-hydrogen) atoms. The second-order valence-corrected chi connectivity index (χ2v) is 11.8. The number of aromatic nitrogens is 7. The van der Waals surface area contributed by atoms with Crippen molar-refractivity contribution in [2.75, 3.05) is 5.32 Å². The molecule has 0 saturated carbocycles. The van der Waals surface area contributed by atoms with E-state index in [2.05, 4.69) is 49.5 Å². The Bertz CT molecular complexity index is 1810. The number of aryl methyl sites for hydroxylation is 1. The first-order valence-electron chi connectivity index (χ1n) is 12.2. The predicted octanol–water partition coefficient (Wildman–Crippen LogP) is 6.37. The zero-order valence-electron chi connectivity index (χ0n) is 21.5. The number of aromatic amines is 2. The average molecular weight is 523 g/mol. The Morgan fingerprint density at radius 3 is 2.61 bits per heavy atom. The van der Waals surface area contributed by atoms with Gasteiger partial charge in [-0.15, -0.1) is 11.3 Å². The fourth-order valence-corrected chi connectivity index (χ4v) is 5.24. The van der Waals surface area contributed by atoms with Crippen molar-refractivity contribution in [3.05, 3.63) is 60.0 Å². The molecular formula is C28H26N8OS. The van der Waals surface area contributed by atoms with Crippen molar-refractivity contribution in [1.82, 2.24) is 35.1 Å². The number of H-pyrrole nitrogens is 2. The number of imidazole rings is 1. The third kappa shape index (κ3) is 4.66. The maximum atomic E-state index is 12.4. The van der Waals surface area contributed by atoms with Crippen molar-refractivity contribution in [1.29, 1.82) is 0 Å². The number of pyridine rings is 3. The number of hydrogen-bond donors (Lipinski definition) is 3. The van der Waals surface area contributed by atoms with Gasteiger partial charge in [-0.2, -0.15) is 5.10 Å². The number of amides is 1. The Kier molecular flexibility index (Phi) is 5.76. The Balaban J connectivity index is 1.36. The lowest BCUT2D eigenvalue weighted by molar-refractivity contribution is -0.117. The van der Waals surface area contributed by atoms with Gasteiger partial charge in [0.25, 0.3) is 0 Å². The highest BCUT2D eigenvalue weighted by Crippen LogP contribution is 2.34. The Labute approximate surface area is 222 Å². The average Bonchev–Trinajstić information content (AvgIpc) is 3.60. The molecule has 0 atom stereocenters. The molecule has 6 aromatic rings. The van der Waals surface area contributed by atoms with Crippen LogP contribution in [0.2, 0.25) is 0 Å². The summed E-state index contributed by atoms with van der Waals surface area (Å²) in [4.78, 5) is 36.7. The third-order valence-corrected chi connectivity index (χ3v) is 7.07. The van der Waals surface area contributed by atoms with E-state index >= 15 is 0 Å². The molecule has 10 heteroatoms. The fraction of sp³-hybridized carbons (Fsp3) is 0.214. The van der Waals surface area contributed by atoms with Gasteiger partial charge >= 0.3 is 0 Å². The number of nitrogens with zero attached hydrogens (tertiary/aromatic N) is 5. The first-order chi connectivity index (χ1) is 18.2. The smallest absolute Gasteiger partial charge is 0.224 e. The minimum atomic E-state index is -0.102. The van der Waals surface area contributed by atoms with Gasteiger partial charge in [-0.25, -0.2) is 9.97 Å². The summed E-state index contributed by atoms with van der Waals surface area (Å²) in [6, 6.07) is 9.91. The van der Waals surface area contributed by atoms with Gasteiger partial charge < -0.3 is 10.3 Å². The number of hydrogen-bond acceptors (Lipinski definition) is 7. The molecule has 6 heterocycles. The van der Waals surface area contributed by atoms with Crippen molar-refractivity contribution in [3.63, 3.8) is 0 Å². The van der Waals surface area contributed by atoms with E-state index < -0.39 is 0 Å². The van der Waals surface area contributed by atoms with Crippen LogP contribution in [-0.4, -0.2) is 41.0 Å². The van der Waals surface area contributed by atoms with Gasteiger partial charge in [-0.1, -0.05) is 20.8 Å². The molecule has 0 aliphatic heterocycles. The predicted molar refractivity (Wildman–Crippen MR) is 151 cm³/mol. The van der Waals surface area contributed by atoms with Crippen molar-refractivity contribution in [3.8, 4) is 33.2 Å². The zero-order valence-corrected chi connectivity index (χ0v) is 22.3. The molecule has 1 amide bonds. The lowest BCUT2D eigenvalue weighted by Crippen LogP contribution is -2.19. The van der Waals surface area contributed by atoms with E-state index in [4.69, 9.17) is 9.97 Å². The minimum Gasteiger partial charge on any atom is -0.335 e. The molecule has 0 aliphatic rings. The van der Waals surface area contributed by atoms with Crippen LogP contribution in [0.3, 0.4) is 0 Å². The van der Waals surface area contributed by atoms with Gasteiger partial charge in [-0.05, 0) is 42.7 Å². The Hall–Kier alpha value is -4.44. The maximum absolute atomic E-state index is 12.4. The van der Waals surface area contributed by atoms with Crippen LogP contribution in [-0.2, 0) is 4.79 Å². The van der Waals surface area contributed by atoms with Crippen LogP contribution in [0, 0.1) is 12.3 Å². The van der Waals surface area contributed by atoms with Gasteiger partial charge in [0, 0.05) is 39.7 Å². The summed E-state index contributed by atoms with van der Waals surface area (Å²) in [5, 5.41) is 10.5. The number of rotatable bonds is 5. The molecule has 0 saturated heterocycles. The molecule has 0 unspecified atom stereocenters. The van der Waals surface area contributed by atoms with Crippen LogP contribution in [0.15, 0.2) is 55.1 Å².